The summed E-state index contributed by atoms with van der Waals surface area (Å²) in [4.78, 5) is -0.491. The van der Waals surface area contributed by atoms with Gasteiger partial charge < -0.3 is 0 Å². The predicted octanol–water partition coefficient (Wildman–Crippen LogP) is 1.74. The maximum atomic E-state index is 13.3. The fourth-order valence-corrected chi connectivity index (χ4v) is 2.27. The SMILES string of the molecule is CC(C)c1c(F)cc(F)cc1S(N)(=O)=O. The summed E-state index contributed by atoms with van der Waals surface area (Å²) in [7, 11) is -4.10. The molecule has 0 aliphatic rings. The van der Waals surface area contributed by atoms with Crippen LogP contribution in [0.4, 0.5) is 8.78 Å². The highest BCUT2D eigenvalue weighted by molar-refractivity contribution is 7.89. The molecule has 15 heavy (non-hydrogen) atoms. The van der Waals surface area contributed by atoms with Crippen molar-refractivity contribution >= 4 is 10.0 Å². The number of hydrogen-bond donors (Lipinski definition) is 1. The molecule has 0 unspecified atom stereocenters. The second-order valence-electron chi connectivity index (χ2n) is 3.50. The Morgan fingerprint density at radius 2 is 1.80 bits per heavy atom. The third-order valence-corrected chi connectivity index (χ3v) is 2.89. The number of benzene rings is 1. The molecule has 1 aromatic carbocycles. The average molecular weight is 235 g/mol. The van der Waals surface area contributed by atoms with Crippen molar-refractivity contribution in [1.29, 1.82) is 0 Å². The van der Waals surface area contributed by atoms with Crippen molar-refractivity contribution in [3.8, 4) is 0 Å². The molecule has 84 valence electrons. The van der Waals surface area contributed by atoms with Crippen molar-refractivity contribution in [2.45, 2.75) is 24.7 Å². The van der Waals surface area contributed by atoms with Crippen LogP contribution in [-0.2, 0) is 10.0 Å². The van der Waals surface area contributed by atoms with Crippen LogP contribution < -0.4 is 5.14 Å². The highest BCUT2D eigenvalue weighted by Crippen LogP contribution is 2.26. The van der Waals surface area contributed by atoms with E-state index >= 15 is 0 Å². The molecule has 0 atom stereocenters. The van der Waals surface area contributed by atoms with Crippen LogP contribution in [0.2, 0.25) is 0 Å². The minimum absolute atomic E-state index is 0.0844. The van der Waals surface area contributed by atoms with Gasteiger partial charge in [0.1, 0.15) is 11.6 Å². The van der Waals surface area contributed by atoms with Gasteiger partial charge in [0, 0.05) is 11.6 Å². The number of nitrogens with two attached hydrogens (primary N) is 1. The third kappa shape index (κ3) is 2.51. The minimum Gasteiger partial charge on any atom is -0.225 e. The Balaban J connectivity index is 3.62. The highest BCUT2D eigenvalue weighted by Gasteiger charge is 2.21. The predicted molar refractivity (Wildman–Crippen MR) is 51.8 cm³/mol. The van der Waals surface area contributed by atoms with E-state index in [1.165, 1.54) is 0 Å². The standard InChI is InChI=1S/C9H11F2NO2S/c1-5(2)9-7(11)3-6(10)4-8(9)15(12,13)14/h3-5H,1-2H3,(H2,12,13,14). The van der Waals surface area contributed by atoms with Crippen molar-refractivity contribution < 1.29 is 17.2 Å². The lowest BCUT2D eigenvalue weighted by atomic mass is 10.0. The number of hydrogen-bond acceptors (Lipinski definition) is 2. The maximum Gasteiger partial charge on any atom is 0.238 e. The Kier molecular flexibility index (Phi) is 3.11. The van der Waals surface area contributed by atoms with Crippen LogP contribution in [0.1, 0.15) is 25.3 Å². The fourth-order valence-electron chi connectivity index (χ4n) is 1.36. The summed E-state index contributed by atoms with van der Waals surface area (Å²) < 4.78 is 48.4. The normalized spacial score (nSPS) is 12.1. The monoisotopic (exact) mass is 235 g/mol. The van der Waals surface area contributed by atoms with Gasteiger partial charge in [0.15, 0.2) is 0 Å². The Morgan fingerprint density at radius 3 is 2.20 bits per heavy atom. The van der Waals surface area contributed by atoms with Crippen molar-refractivity contribution in [2.24, 2.45) is 5.14 Å². The van der Waals surface area contributed by atoms with Crippen LogP contribution in [0.25, 0.3) is 0 Å². The van der Waals surface area contributed by atoms with E-state index in [0.717, 1.165) is 6.07 Å². The lowest BCUT2D eigenvalue weighted by Crippen LogP contribution is -2.16. The average Bonchev–Trinajstić information content (AvgIpc) is 1.99. The number of halogens is 2. The first-order valence-corrected chi connectivity index (χ1v) is 5.80. The smallest absolute Gasteiger partial charge is 0.225 e. The molecule has 1 rings (SSSR count). The van der Waals surface area contributed by atoms with Crippen LogP contribution in [-0.4, -0.2) is 8.42 Å². The van der Waals surface area contributed by atoms with Crippen molar-refractivity contribution in [3.63, 3.8) is 0 Å². The van der Waals surface area contributed by atoms with E-state index in [1.54, 1.807) is 13.8 Å². The summed E-state index contributed by atoms with van der Waals surface area (Å²) in [6.45, 7) is 3.20. The van der Waals surface area contributed by atoms with Gasteiger partial charge in [-0.15, -0.1) is 0 Å². The second kappa shape index (κ2) is 3.86. The molecule has 0 aromatic heterocycles. The van der Waals surface area contributed by atoms with Crippen LogP contribution >= 0.6 is 0 Å². The largest absolute Gasteiger partial charge is 0.238 e. The van der Waals surface area contributed by atoms with E-state index in [0.29, 0.717) is 6.07 Å². The van der Waals surface area contributed by atoms with Gasteiger partial charge in [0.25, 0.3) is 0 Å². The summed E-state index contributed by atoms with van der Waals surface area (Å²) in [5.74, 6) is -2.24. The molecule has 3 nitrogen and oxygen atoms in total. The van der Waals surface area contributed by atoms with E-state index in [9.17, 15) is 17.2 Å². The molecule has 0 saturated carbocycles. The van der Waals surface area contributed by atoms with Gasteiger partial charge in [-0.3, -0.25) is 0 Å². The zero-order valence-electron chi connectivity index (χ0n) is 8.29. The number of sulfonamides is 1. The topological polar surface area (TPSA) is 60.2 Å². The fraction of sp³-hybridized carbons (Fsp3) is 0.333. The van der Waals surface area contributed by atoms with Gasteiger partial charge in [-0.1, -0.05) is 13.8 Å². The molecule has 0 radical (unpaired) electrons. The molecule has 2 N–H and O–H groups in total. The first-order valence-electron chi connectivity index (χ1n) is 4.25. The van der Waals surface area contributed by atoms with Crippen LogP contribution in [0.3, 0.4) is 0 Å². The molecular formula is C9H11F2NO2S. The first kappa shape index (κ1) is 12.1. The van der Waals surface area contributed by atoms with E-state index < -0.39 is 26.6 Å². The Morgan fingerprint density at radius 1 is 1.27 bits per heavy atom. The van der Waals surface area contributed by atoms with Gasteiger partial charge >= 0.3 is 0 Å². The molecule has 0 aliphatic heterocycles. The Labute approximate surface area is 87.0 Å². The van der Waals surface area contributed by atoms with Crippen LogP contribution in [0.15, 0.2) is 17.0 Å². The van der Waals surface area contributed by atoms with E-state index in [1.807, 2.05) is 0 Å². The van der Waals surface area contributed by atoms with Crippen molar-refractivity contribution in [3.05, 3.63) is 29.3 Å². The zero-order valence-corrected chi connectivity index (χ0v) is 9.11. The molecule has 1 aromatic rings. The maximum absolute atomic E-state index is 13.3. The zero-order chi connectivity index (χ0) is 11.8. The highest BCUT2D eigenvalue weighted by atomic mass is 32.2. The molecule has 0 spiro atoms. The van der Waals surface area contributed by atoms with E-state index in [4.69, 9.17) is 5.14 Å². The van der Waals surface area contributed by atoms with Gasteiger partial charge in [0.05, 0.1) is 4.90 Å². The minimum atomic E-state index is -4.10. The van der Waals surface area contributed by atoms with Gasteiger partial charge in [-0.05, 0) is 12.0 Å². The summed E-state index contributed by atoms with van der Waals surface area (Å²) in [5, 5.41) is 4.87. The van der Waals surface area contributed by atoms with Crippen LogP contribution in [0.5, 0.6) is 0 Å². The lowest BCUT2D eigenvalue weighted by molar-refractivity contribution is 0.546. The van der Waals surface area contributed by atoms with E-state index in [-0.39, 0.29) is 11.5 Å². The number of primary sulfonamides is 1. The number of rotatable bonds is 2. The summed E-state index contributed by atoms with van der Waals surface area (Å²) >= 11 is 0. The molecule has 0 amide bonds. The van der Waals surface area contributed by atoms with Crippen molar-refractivity contribution in [2.75, 3.05) is 0 Å². The third-order valence-electron chi connectivity index (χ3n) is 1.94. The molecule has 0 bridgehead atoms. The van der Waals surface area contributed by atoms with E-state index in [2.05, 4.69) is 0 Å². The Hall–Kier alpha value is -1.01. The second-order valence-corrected chi connectivity index (χ2v) is 5.03. The Bertz CT molecular complexity index is 483. The molecule has 0 heterocycles. The summed E-state index contributed by atoms with van der Waals surface area (Å²) in [5.41, 5.74) is -0.0844. The molecule has 0 aliphatic carbocycles. The van der Waals surface area contributed by atoms with Crippen molar-refractivity contribution in [1.82, 2.24) is 0 Å². The molecule has 0 saturated heterocycles. The lowest BCUT2D eigenvalue weighted by Gasteiger charge is -2.12. The quantitative estimate of drug-likeness (QED) is 0.848. The molecule has 6 heteroatoms. The summed E-state index contributed by atoms with van der Waals surface area (Å²) in [6.07, 6.45) is 0. The first-order chi connectivity index (χ1) is 6.73. The summed E-state index contributed by atoms with van der Waals surface area (Å²) in [6, 6.07) is 1.37. The van der Waals surface area contributed by atoms with Crippen LogP contribution in [0, 0.1) is 11.6 Å². The van der Waals surface area contributed by atoms with Gasteiger partial charge in [-0.2, -0.15) is 0 Å². The van der Waals surface area contributed by atoms with Gasteiger partial charge in [-0.25, -0.2) is 22.3 Å². The van der Waals surface area contributed by atoms with Gasteiger partial charge in [0.2, 0.25) is 10.0 Å². The molecular weight excluding hydrogens is 224 g/mol. The molecule has 0 fully saturated rings.